The Balaban J connectivity index is 1.30. The first-order valence-electron chi connectivity index (χ1n) is 10.4. The average molecular weight is 404 g/mol. The standard InChI is InChI=1S/C22H24N6O2/c1-15-12-24-20(13-23-15)22(29)28-9-7-27(8-10-28)16-5-6-19-18(11-16)21(26-14-25-19)30-17-3-2-4-17/h5-6,11-14,17H,2-4,7-10H2,1H3. The minimum absolute atomic E-state index is 0.0646. The first kappa shape index (κ1) is 18.7. The van der Waals surface area contributed by atoms with E-state index in [1.54, 1.807) is 18.7 Å². The van der Waals surface area contributed by atoms with Gasteiger partial charge in [0.15, 0.2) is 0 Å². The predicted molar refractivity (Wildman–Crippen MR) is 113 cm³/mol. The quantitative estimate of drug-likeness (QED) is 0.661. The van der Waals surface area contributed by atoms with Gasteiger partial charge < -0.3 is 14.5 Å². The van der Waals surface area contributed by atoms with E-state index in [9.17, 15) is 4.79 Å². The number of amides is 1. The zero-order chi connectivity index (χ0) is 20.5. The SMILES string of the molecule is Cc1cnc(C(=O)N2CCN(c3ccc4ncnc(OC5CCC5)c4c3)CC2)cn1. The second-order valence-electron chi connectivity index (χ2n) is 7.87. The maximum absolute atomic E-state index is 12.7. The smallest absolute Gasteiger partial charge is 0.274 e. The molecule has 2 aliphatic rings. The molecule has 8 nitrogen and oxygen atoms in total. The lowest BCUT2D eigenvalue weighted by Gasteiger charge is -2.36. The first-order chi connectivity index (χ1) is 14.7. The number of aromatic nitrogens is 4. The van der Waals surface area contributed by atoms with Crippen molar-refractivity contribution in [2.45, 2.75) is 32.3 Å². The Hall–Kier alpha value is -3.29. The van der Waals surface area contributed by atoms with Crippen LogP contribution in [0.15, 0.2) is 36.9 Å². The second kappa shape index (κ2) is 7.85. The van der Waals surface area contributed by atoms with Crippen molar-refractivity contribution >= 4 is 22.5 Å². The zero-order valence-electron chi connectivity index (χ0n) is 17.0. The molecule has 1 saturated carbocycles. The Labute approximate surface area is 174 Å². The van der Waals surface area contributed by atoms with Crippen molar-refractivity contribution in [3.8, 4) is 5.88 Å². The average Bonchev–Trinajstić information content (AvgIpc) is 2.76. The maximum Gasteiger partial charge on any atom is 0.274 e. The van der Waals surface area contributed by atoms with Crippen LogP contribution in [0.25, 0.3) is 10.9 Å². The molecular formula is C22H24N6O2. The van der Waals surface area contributed by atoms with E-state index in [1.807, 2.05) is 17.9 Å². The Bertz CT molecular complexity index is 1060. The molecule has 8 heteroatoms. The van der Waals surface area contributed by atoms with Gasteiger partial charge in [0.25, 0.3) is 5.91 Å². The summed E-state index contributed by atoms with van der Waals surface area (Å²) in [6.07, 6.45) is 8.41. The Morgan fingerprint density at radius 3 is 2.57 bits per heavy atom. The number of hydrogen-bond acceptors (Lipinski definition) is 7. The van der Waals surface area contributed by atoms with Crippen LogP contribution in [-0.2, 0) is 0 Å². The van der Waals surface area contributed by atoms with E-state index in [0.717, 1.165) is 48.2 Å². The highest BCUT2D eigenvalue weighted by atomic mass is 16.5. The highest BCUT2D eigenvalue weighted by Gasteiger charge is 2.24. The van der Waals surface area contributed by atoms with Crippen LogP contribution >= 0.6 is 0 Å². The topological polar surface area (TPSA) is 84.3 Å². The molecular weight excluding hydrogens is 380 g/mol. The molecule has 0 radical (unpaired) electrons. The molecule has 3 heterocycles. The van der Waals surface area contributed by atoms with E-state index >= 15 is 0 Å². The van der Waals surface area contributed by atoms with Gasteiger partial charge in [0.05, 0.1) is 22.8 Å². The van der Waals surface area contributed by atoms with Gasteiger partial charge in [-0.05, 0) is 44.4 Å². The van der Waals surface area contributed by atoms with Gasteiger partial charge in [-0.3, -0.25) is 9.78 Å². The summed E-state index contributed by atoms with van der Waals surface area (Å²) in [6, 6.07) is 6.19. The van der Waals surface area contributed by atoms with Crippen LogP contribution in [0, 0.1) is 6.92 Å². The Morgan fingerprint density at radius 1 is 1.03 bits per heavy atom. The Kier molecular flexibility index (Phi) is 4.90. The summed E-state index contributed by atoms with van der Waals surface area (Å²) in [6.45, 7) is 4.65. The van der Waals surface area contributed by atoms with E-state index in [0.29, 0.717) is 24.7 Å². The molecule has 5 rings (SSSR count). The summed E-state index contributed by atoms with van der Waals surface area (Å²) in [5.41, 5.74) is 3.18. The van der Waals surface area contributed by atoms with E-state index in [1.165, 1.54) is 6.42 Å². The van der Waals surface area contributed by atoms with Crippen molar-refractivity contribution in [2.24, 2.45) is 0 Å². The van der Waals surface area contributed by atoms with Crippen molar-refractivity contribution in [1.29, 1.82) is 0 Å². The van der Waals surface area contributed by atoms with Gasteiger partial charge in [-0.1, -0.05) is 0 Å². The van der Waals surface area contributed by atoms with Gasteiger partial charge in [-0.2, -0.15) is 0 Å². The lowest BCUT2D eigenvalue weighted by molar-refractivity contribution is 0.0740. The minimum atomic E-state index is -0.0646. The highest BCUT2D eigenvalue weighted by Crippen LogP contribution is 2.31. The number of anilines is 1. The molecule has 0 unspecified atom stereocenters. The predicted octanol–water partition coefficient (Wildman–Crippen LogP) is 2.62. The summed E-state index contributed by atoms with van der Waals surface area (Å²) in [5.74, 6) is 0.601. The molecule has 1 amide bonds. The molecule has 3 aromatic rings. The van der Waals surface area contributed by atoms with Gasteiger partial charge >= 0.3 is 0 Å². The van der Waals surface area contributed by atoms with Crippen LogP contribution in [0.1, 0.15) is 35.4 Å². The summed E-state index contributed by atoms with van der Waals surface area (Å²) < 4.78 is 6.08. The third-order valence-corrected chi connectivity index (χ3v) is 5.84. The fourth-order valence-corrected chi connectivity index (χ4v) is 3.79. The van der Waals surface area contributed by atoms with E-state index in [-0.39, 0.29) is 12.0 Å². The second-order valence-corrected chi connectivity index (χ2v) is 7.87. The van der Waals surface area contributed by atoms with E-state index in [2.05, 4.69) is 37.0 Å². The molecule has 0 bridgehead atoms. The van der Waals surface area contributed by atoms with Crippen molar-refractivity contribution in [1.82, 2.24) is 24.8 Å². The number of aryl methyl sites for hydroxylation is 1. The fourth-order valence-electron chi connectivity index (χ4n) is 3.79. The van der Waals surface area contributed by atoms with Gasteiger partial charge in [-0.25, -0.2) is 15.0 Å². The Morgan fingerprint density at radius 2 is 1.87 bits per heavy atom. The molecule has 2 fully saturated rings. The fraction of sp³-hybridized carbons (Fsp3) is 0.409. The number of piperazine rings is 1. The van der Waals surface area contributed by atoms with Crippen LogP contribution in [0.5, 0.6) is 5.88 Å². The minimum Gasteiger partial charge on any atom is -0.474 e. The number of carbonyl (C=O) groups is 1. The number of hydrogen-bond donors (Lipinski definition) is 0. The number of nitrogens with zero attached hydrogens (tertiary/aromatic N) is 6. The van der Waals surface area contributed by atoms with Crippen LogP contribution in [0.3, 0.4) is 0 Å². The normalized spacial score (nSPS) is 17.1. The summed E-state index contributed by atoms with van der Waals surface area (Å²) >= 11 is 0. The van der Waals surface area contributed by atoms with Gasteiger partial charge in [0, 0.05) is 38.1 Å². The molecule has 1 aliphatic carbocycles. The number of benzene rings is 1. The molecule has 0 N–H and O–H groups in total. The molecule has 0 atom stereocenters. The molecule has 2 aromatic heterocycles. The van der Waals surface area contributed by atoms with Gasteiger partial charge in [0.2, 0.25) is 5.88 Å². The van der Waals surface area contributed by atoms with E-state index < -0.39 is 0 Å². The van der Waals surface area contributed by atoms with Crippen molar-refractivity contribution < 1.29 is 9.53 Å². The summed E-state index contributed by atoms with van der Waals surface area (Å²) in [7, 11) is 0. The molecule has 30 heavy (non-hydrogen) atoms. The van der Waals surface area contributed by atoms with Crippen LogP contribution in [0.4, 0.5) is 5.69 Å². The monoisotopic (exact) mass is 404 g/mol. The third kappa shape index (κ3) is 3.65. The van der Waals surface area contributed by atoms with Crippen molar-refractivity contribution in [3.05, 3.63) is 48.3 Å². The lowest BCUT2D eigenvalue weighted by atomic mass is 9.96. The van der Waals surface area contributed by atoms with Gasteiger partial charge in [-0.15, -0.1) is 0 Å². The maximum atomic E-state index is 12.7. The summed E-state index contributed by atoms with van der Waals surface area (Å²) in [5, 5.41) is 0.940. The number of fused-ring (bicyclic) bond motifs is 1. The molecule has 154 valence electrons. The summed E-state index contributed by atoms with van der Waals surface area (Å²) in [4.78, 5) is 33.9. The lowest BCUT2D eigenvalue weighted by Crippen LogP contribution is -2.49. The zero-order valence-corrected chi connectivity index (χ0v) is 17.0. The van der Waals surface area contributed by atoms with Crippen LogP contribution < -0.4 is 9.64 Å². The van der Waals surface area contributed by atoms with E-state index in [4.69, 9.17) is 4.74 Å². The van der Waals surface area contributed by atoms with Crippen LogP contribution in [0.2, 0.25) is 0 Å². The largest absolute Gasteiger partial charge is 0.474 e. The number of ether oxygens (including phenoxy) is 1. The number of rotatable bonds is 4. The third-order valence-electron chi connectivity index (χ3n) is 5.84. The van der Waals surface area contributed by atoms with Crippen LogP contribution in [-0.4, -0.2) is 63.0 Å². The van der Waals surface area contributed by atoms with Crippen molar-refractivity contribution in [3.63, 3.8) is 0 Å². The molecule has 1 saturated heterocycles. The molecule has 1 aliphatic heterocycles. The molecule has 0 spiro atoms. The first-order valence-corrected chi connectivity index (χ1v) is 10.4. The number of carbonyl (C=O) groups excluding carboxylic acids is 1. The highest BCUT2D eigenvalue weighted by molar-refractivity contribution is 5.92. The van der Waals surface area contributed by atoms with Gasteiger partial charge in [0.1, 0.15) is 18.1 Å². The molecule has 1 aromatic carbocycles. The van der Waals surface area contributed by atoms with Crippen molar-refractivity contribution in [2.75, 3.05) is 31.1 Å².